The summed E-state index contributed by atoms with van der Waals surface area (Å²) in [5.41, 5.74) is 3.11. The van der Waals surface area contributed by atoms with Crippen LogP contribution in [0.3, 0.4) is 0 Å². The number of nitrogens with zero attached hydrogens (tertiary/aromatic N) is 2. The Kier molecular flexibility index (Phi) is 13.5. The molecule has 2 aromatic rings. The number of allylic oxidation sites excluding steroid dienone is 2. The van der Waals surface area contributed by atoms with Crippen LogP contribution in [0.25, 0.3) is 0 Å². The van der Waals surface area contributed by atoms with Crippen LogP contribution in [-0.4, -0.2) is 148 Å². The van der Waals surface area contributed by atoms with Crippen molar-refractivity contribution in [2.45, 2.75) is 179 Å². The zero-order chi connectivity index (χ0) is 55.1. The first-order chi connectivity index (χ1) is 37.2. The average molecular weight is 1080 g/mol. The quantitative estimate of drug-likeness (QED) is 0.0665. The lowest BCUT2D eigenvalue weighted by atomic mass is 9.27. The Hall–Kier alpha value is -3.94. The third kappa shape index (κ3) is 7.45. The van der Waals surface area contributed by atoms with E-state index in [1.54, 1.807) is 18.9 Å². The number of hydrogen-bond acceptors (Lipinski definition) is 15. The molecule has 7 aliphatic carbocycles. The van der Waals surface area contributed by atoms with Crippen LogP contribution in [0.1, 0.15) is 135 Å². The SMILES string of the molecule is CC1(CO)CCC2(C(=O)O)C(C1)C1=CCC3C4(C)C5C(O)C(OC6OCC(O)C(O)C6O)C(C)(CO)C4CCC3(C)C1(CCC#CC5C1C(C(CCC(N)O)c3cnc[nH]3)NC(=O)C13CCCC3)C1Cc3[nH]cnc3NCC12. The number of carboxylic acid groups (broad SMARTS) is 1. The van der Waals surface area contributed by atoms with Gasteiger partial charge in [-0.1, -0.05) is 58.1 Å². The zero-order valence-electron chi connectivity index (χ0n) is 45.7. The van der Waals surface area contributed by atoms with Gasteiger partial charge in [0.1, 0.15) is 30.4 Å². The van der Waals surface area contributed by atoms with Crippen LogP contribution in [0.5, 0.6) is 0 Å². The van der Waals surface area contributed by atoms with Crippen LogP contribution in [0, 0.1) is 97.1 Å². The number of carbonyl (C=O) groups excluding carboxylic acids is 1. The number of amides is 1. The molecule has 7 fully saturated rings. The molecule has 19 heteroatoms. The molecule has 0 radical (unpaired) electrons. The molecule has 12 rings (SSSR count). The standard InChI is InChI=1S/C59H85N7O12/c1-53(26-67)19-20-58(52(75)76)34(22-53)32-11-12-40-55(3)18-14-39-54(2,27-68)48(78-50-47(73)45(71)38(69)25-77-50)46(72)43(56(39,40)4)31(9-5-6-17-59(32,55)33-21-36-49(65-29-64-36)62-23-35(33)58)42-44(66-51(74)57(42)15-7-8-16-57)30(10-13-41(60)70)37-24-61-28-63-37/h11,24,28-31,33-35,38-48,50,62,67-73H,6-8,10,12-23,25-27,60H2,1-4H3,(H,61,63)(H,64,65)(H,66,74)(H,75,76). The van der Waals surface area contributed by atoms with Crippen molar-refractivity contribution in [3.63, 3.8) is 0 Å². The Morgan fingerprint density at radius 2 is 1.72 bits per heavy atom. The summed E-state index contributed by atoms with van der Waals surface area (Å²) in [6.45, 7) is 8.39. The highest BCUT2D eigenvalue weighted by Crippen LogP contribution is 2.81. The molecule has 5 saturated carbocycles. The van der Waals surface area contributed by atoms with Crippen LogP contribution >= 0.6 is 0 Å². The topological polar surface area (TPSA) is 322 Å². The Bertz CT molecular complexity index is 2700. The number of imidazole rings is 2. The third-order valence-corrected chi connectivity index (χ3v) is 24.4. The molecule has 3 aliphatic heterocycles. The first kappa shape index (κ1) is 54.6. The van der Waals surface area contributed by atoms with Crippen LogP contribution in [0.4, 0.5) is 5.82 Å². The molecular formula is C59H85N7O12. The number of fused-ring (bicyclic) bond motifs is 5. The van der Waals surface area contributed by atoms with E-state index in [4.69, 9.17) is 20.2 Å². The van der Waals surface area contributed by atoms with E-state index in [2.05, 4.69) is 64.3 Å². The minimum atomic E-state index is -1.68. The first-order valence-corrected chi connectivity index (χ1v) is 29.3. The van der Waals surface area contributed by atoms with Gasteiger partial charge < -0.3 is 76.7 Å². The van der Waals surface area contributed by atoms with Crippen molar-refractivity contribution in [1.82, 2.24) is 25.3 Å². The largest absolute Gasteiger partial charge is 0.481 e. The van der Waals surface area contributed by atoms with E-state index < -0.39 is 123 Å². The molecule has 1 amide bonds. The highest BCUT2D eigenvalue weighted by molar-refractivity contribution is 5.86. The second-order valence-corrected chi connectivity index (χ2v) is 27.4. The van der Waals surface area contributed by atoms with Gasteiger partial charge in [0.15, 0.2) is 6.29 Å². The molecule has 0 aromatic carbocycles. The molecule has 23 atom stereocenters. The molecule has 2 spiro atoms. The van der Waals surface area contributed by atoms with Gasteiger partial charge in [-0.25, -0.2) is 9.97 Å². The maximum absolute atomic E-state index is 15.3. The molecule has 10 aliphatic rings. The Labute approximate surface area is 456 Å². The van der Waals surface area contributed by atoms with Crippen molar-refractivity contribution in [1.29, 1.82) is 0 Å². The molecule has 5 heterocycles. The average Bonchev–Trinajstić information content (AvgIpc) is 1.68. The normalized spacial score (nSPS) is 47.8. The number of hydrogen-bond donors (Lipinski definition) is 13. The number of aliphatic carboxylic acids is 1. The minimum absolute atomic E-state index is 0.0617. The van der Waals surface area contributed by atoms with Gasteiger partial charge in [0, 0.05) is 72.0 Å². The number of carbonyl (C=O) groups is 2. The number of aromatic amines is 2. The van der Waals surface area contributed by atoms with Gasteiger partial charge >= 0.3 is 5.97 Å². The van der Waals surface area contributed by atoms with E-state index >= 15 is 4.79 Å². The molecule has 4 bridgehead atoms. The van der Waals surface area contributed by atoms with E-state index in [0.717, 1.165) is 35.6 Å². The lowest BCUT2D eigenvalue weighted by molar-refractivity contribution is -0.344. The smallest absolute Gasteiger partial charge is 0.310 e. The van der Waals surface area contributed by atoms with Crippen molar-refractivity contribution >= 4 is 17.7 Å². The summed E-state index contributed by atoms with van der Waals surface area (Å²) in [7, 11) is 0. The number of anilines is 1. The lowest BCUT2D eigenvalue weighted by Crippen LogP contribution is -2.75. The monoisotopic (exact) mass is 1080 g/mol. The molecule has 14 N–H and O–H groups in total. The van der Waals surface area contributed by atoms with Crippen LogP contribution in [0.2, 0.25) is 0 Å². The van der Waals surface area contributed by atoms with Crippen molar-refractivity contribution in [2.75, 3.05) is 31.7 Å². The van der Waals surface area contributed by atoms with E-state index in [9.17, 15) is 45.6 Å². The highest BCUT2D eigenvalue weighted by Gasteiger charge is 2.79. The van der Waals surface area contributed by atoms with Crippen molar-refractivity contribution in [3.8, 4) is 11.8 Å². The first-order valence-electron chi connectivity index (χ1n) is 29.3. The fourth-order valence-electron chi connectivity index (χ4n) is 20.9. The number of aromatic nitrogens is 4. The molecule has 19 nitrogen and oxygen atoms in total. The third-order valence-electron chi connectivity index (χ3n) is 24.4. The summed E-state index contributed by atoms with van der Waals surface area (Å²) in [6, 6.07) is -0.548. The molecule has 78 heavy (non-hydrogen) atoms. The number of H-pyrrole nitrogens is 2. The van der Waals surface area contributed by atoms with Crippen molar-refractivity contribution in [2.24, 2.45) is 91.0 Å². The molecule has 428 valence electrons. The lowest BCUT2D eigenvalue weighted by Gasteiger charge is -2.76. The van der Waals surface area contributed by atoms with Gasteiger partial charge in [-0.2, -0.15) is 0 Å². The van der Waals surface area contributed by atoms with E-state index in [-0.39, 0.29) is 55.1 Å². The van der Waals surface area contributed by atoms with Crippen molar-refractivity contribution < 1.29 is 59.9 Å². The Balaban J connectivity index is 1.10. The predicted molar refractivity (Wildman–Crippen MR) is 283 cm³/mol. The maximum Gasteiger partial charge on any atom is 0.310 e. The number of aliphatic hydroxyl groups is 7. The van der Waals surface area contributed by atoms with Crippen LogP contribution < -0.4 is 16.4 Å². The van der Waals surface area contributed by atoms with Gasteiger partial charge in [0.25, 0.3) is 0 Å². The van der Waals surface area contributed by atoms with Crippen molar-refractivity contribution in [3.05, 3.63) is 41.9 Å². The maximum atomic E-state index is 15.3. The molecular weight excluding hydrogens is 999 g/mol. The Morgan fingerprint density at radius 3 is 2.42 bits per heavy atom. The Morgan fingerprint density at radius 1 is 0.936 bits per heavy atom. The number of aliphatic hydroxyl groups excluding tert-OH is 7. The van der Waals surface area contributed by atoms with Crippen LogP contribution in [-0.2, 0) is 25.5 Å². The van der Waals surface area contributed by atoms with Gasteiger partial charge in [0.05, 0.1) is 54.6 Å². The summed E-state index contributed by atoms with van der Waals surface area (Å²) in [6.07, 6.45) is 6.04. The summed E-state index contributed by atoms with van der Waals surface area (Å²) in [4.78, 5) is 45.9. The number of carboxylic acids is 1. The van der Waals surface area contributed by atoms with Gasteiger partial charge in [-0.15, -0.1) is 5.92 Å². The molecule has 2 saturated heterocycles. The van der Waals surface area contributed by atoms with E-state index in [0.29, 0.717) is 83.6 Å². The molecule has 2 aromatic heterocycles. The molecule has 23 unspecified atom stereocenters. The zero-order valence-corrected chi connectivity index (χ0v) is 45.7. The summed E-state index contributed by atoms with van der Waals surface area (Å²) in [5.74, 6) is 3.77. The van der Waals surface area contributed by atoms with Gasteiger partial charge in [0.2, 0.25) is 5.91 Å². The summed E-state index contributed by atoms with van der Waals surface area (Å²) >= 11 is 0. The van der Waals surface area contributed by atoms with Gasteiger partial charge in [-0.05, 0) is 123 Å². The minimum Gasteiger partial charge on any atom is -0.481 e. The highest BCUT2D eigenvalue weighted by atomic mass is 16.7. The van der Waals surface area contributed by atoms with Crippen LogP contribution in [0.15, 0.2) is 30.5 Å². The van der Waals surface area contributed by atoms with E-state index in [1.165, 1.54) is 0 Å². The predicted octanol–water partition coefficient (Wildman–Crippen LogP) is 3.31. The number of ether oxygens (including phenoxy) is 2. The summed E-state index contributed by atoms with van der Waals surface area (Å²) in [5, 5.41) is 100. The summed E-state index contributed by atoms with van der Waals surface area (Å²) < 4.78 is 12.9. The second-order valence-electron chi connectivity index (χ2n) is 27.4. The number of nitrogens with two attached hydrogens (primary N) is 1. The fraction of sp³-hybridized carbons (Fsp3) is 0.797. The fourth-order valence-corrected chi connectivity index (χ4v) is 20.9. The second kappa shape index (κ2) is 19.3. The van der Waals surface area contributed by atoms with Gasteiger partial charge in [-0.3, -0.25) is 9.59 Å². The number of nitrogens with one attached hydrogen (secondary N) is 4. The van der Waals surface area contributed by atoms with E-state index in [1.807, 2.05) is 6.92 Å². The number of rotatable bonds is 11.